The molecular formula is C17H20N2S. The van der Waals surface area contributed by atoms with Gasteiger partial charge in [-0.3, -0.25) is 0 Å². The zero-order valence-electron chi connectivity index (χ0n) is 11.6. The quantitative estimate of drug-likeness (QED) is 0.883. The molecule has 1 aromatic carbocycles. The molecule has 104 valence electrons. The second-order valence-corrected chi connectivity index (χ2v) is 7.06. The monoisotopic (exact) mass is 284 g/mol. The molecule has 3 heteroatoms. The molecule has 20 heavy (non-hydrogen) atoms. The van der Waals surface area contributed by atoms with Crippen LogP contribution in [0.25, 0.3) is 0 Å². The van der Waals surface area contributed by atoms with Crippen LogP contribution in [0, 0.1) is 11.8 Å². The molecule has 1 heterocycles. The fourth-order valence-electron chi connectivity index (χ4n) is 3.92. The first kappa shape index (κ1) is 12.4. The summed E-state index contributed by atoms with van der Waals surface area (Å²) in [6, 6.07) is 10.5. The molecule has 3 atom stereocenters. The molecule has 2 fully saturated rings. The van der Waals surface area contributed by atoms with Crippen molar-refractivity contribution in [3.63, 3.8) is 0 Å². The van der Waals surface area contributed by atoms with Crippen molar-refractivity contribution in [2.24, 2.45) is 11.8 Å². The lowest BCUT2D eigenvalue weighted by Crippen LogP contribution is -2.09. The SMILES string of the molecule is c1ccc(CNc2nc(C3CC4CCC3C4)cs2)cc1. The van der Waals surface area contributed by atoms with Crippen LogP contribution in [0.5, 0.6) is 0 Å². The summed E-state index contributed by atoms with van der Waals surface area (Å²) in [5.74, 6) is 2.66. The van der Waals surface area contributed by atoms with Gasteiger partial charge in [0.15, 0.2) is 5.13 Å². The van der Waals surface area contributed by atoms with Crippen LogP contribution in [0.15, 0.2) is 35.7 Å². The fourth-order valence-corrected chi connectivity index (χ4v) is 4.69. The summed E-state index contributed by atoms with van der Waals surface area (Å²) in [5.41, 5.74) is 2.65. The van der Waals surface area contributed by atoms with E-state index in [2.05, 4.69) is 41.0 Å². The predicted molar refractivity (Wildman–Crippen MR) is 84.1 cm³/mol. The van der Waals surface area contributed by atoms with Crippen molar-refractivity contribution in [1.82, 2.24) is 4.98 Å². The first-order valence-corrected chi connectivity index (χ1v) is 8.49. The lowest BCUT2D eigenvalue weighted by atomic mass is 9.87. The van der Waals surface area contributed by atoms with E-state index in [4.69, 9.17) is 4.98 Å². The summed E-state index contributed by atoms with van der Waals surface area (Å²) >= 11 is 1.76. The van der Waals surface area contributed by atoms with Crippen molar-refractivity contribution >= 4 is 16.5 Å². The summed E-state index contributed by atoms with van der Waals surface area (Å²) in [6.07, 6.45) is 5.73. The van der Waals surface area contributed by atoms with Gasteiger partial charge in [0.2, 0.25) is 0 Å². The van der Waals surface area contributed by atoms with E-state index in [1.807, 2.05) is 0 Å². The Balaban J connectivity index is 1.41. The molecule has 0 amide bonds. The van der Waals surface area contributed by atoms with Crippen LogP contribution in [0.4, 0.5) is 5.13 Å². The normalized spacial score (nSPS) is 27.9. The van der Waals surface area contributed by atoms with Gasteiger partial charge in [0.05, 0.1) is 5.69 Å². The van der Waals surface area contributed by atoms with E-state index >= 15 is 0 Å². The number of aromatic nitrogens is 1. The van der Waals surface area contributed by atoms with Gasteiger partial charge < -0.3 is 5.32 Å². The van der Waals surface area contributed by atoms with Crippen molar-refractivity contribution in [2.75, 3.05) is 5.32 Å². The zero-order valence-corrected chi connectivity index (χ0v) is 12.4. The van der Waals surface area contributed by atoms with Crippen LogP contribution in [-0.2, 0) is 6.54 Å². The van der Waals surface area contributed by atoms with E-state index in [0.717, 1.165) is 29.4 Å². The molecule has 2 aromatic rings. The van der Waals surface area contributed by atoms with Crippen molar-refractivity contribution in [3.05, 3.63) is 47.0 Å². The van der Waals surface area contributed by atoms with Gasteiger partial charge >= 0.3 is 0 Å². The number of thiazole rings is 1. The van der Waals surface area contributed by atoms with Gasteiger partial charge in [-0.15, -0.1) is 11.3 Å². The number of hydrogen-bond acceptors (Lipinski definition) is 3. The minimum absolute atomic E-state index is 0.747. The third kappa shape index (κ3) is 2.35. The Morgan fingerprint density at radius 2 is 2.05 bits per heavy atom. The first-order valence-electron chi connectivity index (χ1n) is 7.62. The lowest BCUT2D eigenvalue weighted by Gasteiger charge is -2.19. The first-order chi connectivity index (χ1) is 9.88. The maximum Gasteiger partial charge on any atom is 0.183 e. The molecule has 0 spiro atoms. The Morgan fingerprint density at radius 3 is 2.80 bits per heavy atom. The van der Waals surface area contributed by atoms with Gasteiger partial charge in [-0.2, -0.15) is 0 Å². The van der Waals surface area contributed by atoms with Gasteiger partial charge in [-0.05, 0) is 36.7 Å². The summed E-state index contributed by atoms with van der Waals surface area (Å²) in [5, 5.41) is 6.81. The number of hydrogen-bond donors (Lipinski definition) is 1. The van der Waals surface area contributed by atoms with Crippen LogP contribution in [0.2, 0.25) is 0 Å². The van der Waals surface area contributed by atoms with E-state index in [1.165, 1.54) is 36.9 Å². The van der Waals surface area contributed by atoms with E-state index in [-0.39, 0.29) is 0 Å². The number of benzene rings is 1. The topological polar surface area (TPSA) is 24.9 Å². The Morgan fingerprint density at radius 1 is 1.15 bits per heavy atom. The van der Waals surface area contributed by atoms with Crippen LogP contribution in [-0.4, -0.2) is 4.98 Å². The summed E-state index contributed by atoms with van der Waals surface area (Å²) in [6.45, 7) is 0.866. The molecule has 3 unspecified atom stereocenters. The molecular weight excluding hydrogens is 264 g/mol. The molecule has 2 nitrogen and oxygen atoms in total. The number of fused-ring (bicyclic) bond motifs is 2. The maximum absolute atomic E-state index is 4.83. The minimum Gasteiger partial charge on any atom is -0.357 e. The van der Waals surface area contributed by atoms with Gasteiger partial charge in [0, 0.05) is 17.8 Å². The lowest BCUT2D eigenvalue weighted by molar-refractivity contribution is 0.414. The van der Waals surface area contributed by atoms with Crippen LogP contribution >= 0.6 is 11.3 Å². The summed E-state index contributed by atoms with van der Waals surface area (Å²) in [7, 11) is 0. The van der Waals surface area contributed by atoms with Gasteiger partial charge in [-0.1, -0.05) is 36.8 Å². The average molecular weight is 284 g/mol. The molecule has 2 bridgehead atoms. The number of rotatable bonds is 4. The van der Waals surface area contributed by atoms with Gasteiger partial charge in [0.1, 0.15) is 0 Å². The van der Waals surface area contributed by atoms with Crippen molar-refractivity contribution in [3.8, 4) is 0 Å². The molecule has 1 aromatic heterocycles. The Hall–Kier alpha value is -1.35. The molecule has 0 saturated heterocycles. The van der Waals surface area contributed by atoms with E-state index in [9.17, 15) is 0 Å². The highest BCUT2D eigenvalue weighted by atomic mass is 32.1. The second-order valence-electron chi connectivity index (χ2n) is 6.20. The molecule has 2 aliphatic carbocycles. The maximum atomic E-state index is 4.83. The highest BCUT2D eigenvalue weighted by Gasteiger charge is 2.41. The Kier molecular flexibility index (Phi) is 3.23. The van der Waals surface area contributed by atoms with E-state index in [0.29, 0.717) is 0 Å². The molecule has 0 aliphatic heterocycles. The van der Waals surface area contributed by atoms with Crippen LogP contribution in [0.3, 0.4) is 0 Å². The predicted octanol–water partition coefficient (Wildman–Crippen LogP) is 4.66. The largest absolute Gasteiger partial charge is 0.357 e. The molecule has 2 aliphatic rings. The molecule has 4 rings (SSSR count). The summed E-state index contributed by atoms with van der Waals surface area (Å²) < 4.78 is 0. The standard InChI is InChI=1S/C17H20N2S/c1-2-4-12(5-3-1)10-18-17-19-16(11-20-17)15-9-13-6-7-14(15)8-13/h1-5,11,13-15H,6-10H2,(H,18,19). The van der Waals surface area contributed by atoms with Crippen LogP contribution in [0.1, 0.15) is 42.9 Å². The van der Waals surface area contributed by atoms with Crippen molar-refractivity contribution < 1.29 is 0 Å². The molecule has 2 saturated carbocycles. The highest BCUT2D eigenvalue weighted by Crippen LogP contribution is 2.52. The Bertz CT molecular complexity index is 578. The second kappa shape index (κ2) is 5.21. The third-order valence-corrected chi connectivity index (χ3v) is 5.74. The molecule has 0 radical (unpaired) electrons. The van der Waals surface area contributed by atoms with E-state index in [1.54, 1.807) is 11.3 Å². The average Bonchev–Trinajstić information content (AvgIpc) is 3.22. The van der Waals surface area contributed by atoms with Crippen LogP contribution < -0.4 is 5.32 Å². The number of nitrogens with zero attached hydrogens (tertiary/aromatic N) is 1. The zero-order chi connectivity index (χ0) is 13.4. The smallest absolute Gasteiger partial charge is 0.183 e. The van der Waals surface area contributed by atoms with Crippen molar-refractivity contribution in [1.29, 1.82) is 0 Å². The van der Waals surface area contributed by atoms with E-state index < -0.39 is 0 Å². The van der Waals surface area contributed by atoms with Crippen molar-refractivity contribution in [2.45, 2.75) is 38.1 Å². The highest BCUT2D eigenvalue weighted by molar-refractivity contribution is 7.13. The Labute approximate surface area is 124 Å². The number of anilines is 1. The van der Waals surface area contributed by atoms with Gasteiger partial charge in [-0.25, -0.2) is 4.98 Å². The molecule has 1 N–H and O–H groups in total. The fraction of sp³-hybridized carbons (Fsp3) is 0.471. The van der Waals surface area contributed by atoms with Gasteiger partial charge in [0.25, 0.3) is 0 Å². The summed E-state index contributed by atoms with van der Waals surface area (Å²) in [4.78, 5) is 4.83. The minimum atomic E-state index is 0.747. The number of nitrogens with one attached hydrogen (secondary N) is 1. The third-order valence-electron chi connectivity index (χ3n) is 4.93.